The maximum absolute atomic E-state index is 5.84. The number of pyridine rings is 1. The minimum Gasteiger partial charge on any atom is -0.491 e. The van der Waals surface area contributed by atoms with Gasteiger partial charge in [0.2, 0.25) is 0 Å². The van der Waals surface area contributed by atoms with Crippen LogP contribution < -0.4 is 4.74 Å². The van der Waals surface area contributed by atoms with Gasteiger partial charge in [-0.25, -0.2) is 0 Å². The molecule has 3 rings (SSSR count). The molecule has 0 radical (unpaired) electrons. The van der Waals surface area contributed by atoms with E-state index in [-0.39, 0.29) is 6.10 Å². The van der Waals surface area contributed by atoms with Crippen LogP contribution in [0.3, 0.4) is 0 Å². The van der Waals surface area contributed by atoms with E-state index >= 15 is 0 Å². The molecule has 2 aromatic rings. The Kier molecular flexibility index (Phi) is 5.03. The molecule has 1 saturated heterocycles. The zero-order valence-corrected chi connectivity index (χ0v) is 12.9. The summed E-state index contributed by atoms with van der Waals surface area (Å²) in [4.78, 5) is 6.46. The molecule has 2 heterocycles. The monoisotopic (exact) mass is 298 g/mol. The Hall–Kier alpha value is -1.91. The lowest BCUT2D eigenvalue weighted by molar-refractivity contribution is -0.0504. The van der Waals surface area contributed by atoms with E-state index in [1.807, 2.05) is 24.5 Å². The van der Waals surface area contributed by atoms with Crippen molar-refractivity contribution < 1.29 is 9.47 Å². The molecule has 1 aliphatic rings. The van der Waals surface area contributed by atoms with Crippen LogP contribution in [0.5, 0.6) is 5.75 Å². The van der Waals surface area contributed by atoms with E-state index in [9.17, 15) is 0 Å². The van der Waals surface area contributed by atoms with E-state index < -0.39 is 0 Å². The molecule has 0 aliphatic carbocycles. The van der Waals surface area contributed by atoms with Crippen molar-refractivity contribution >= 4 is 0 Å². The highest BCUT2D eigenvalue weighted by Gasteiger charge is 2.21. The zero-order chi connectivity index (χ0) is 15.2. The van der Waals surface area contributed by atoms with Crippen molar-refractivity contribution in [3.8, 4) is 5.75 Å². The number of aryl methyl sites for hydroxylation is 1. The van der Waals surface area contributed by atoms with Gasteiger partial charge in [-0.3, -0.25) is 9.88 Å². The molecule has 4 nitrogen and oxygen atoms in total. The minimum absolute atomic E-state index is 0.122. The molecule has 1 aromatic heterocycles. The molecule has 0 amide bonds. The van der Waals surface area contributed by atoms with Gasteiger partial charge in [-0.05, 0) is 36.8 Å². The molecule has 0 spiro atoms. The number of morpholine rings is 1. The molecule has 1 fully saturated rings. The highest BCUT2D eigenvalue weighted by atomic mass is 16.5. The Morgan fingerprint density at radius 3 is 2.73 bits per heavy atom. The number of rotatable bonds is 5. The van der Waals surface area contributed by atoms with Crippen LogP contribution in [0.4, 0.5) is 0 Å². The van der Waals surface area contributed by atoms with Crippen LogP contribution in [0.25, 0.3) is 0 Å². The Balaban J connectivity index is 1.49. The van der Waals surface area contributed by atoms with Gasteiger partial charge in [0.05, 0.1) is 6.61 Å². The summed E-state index contributed by atoms with van der Waals surface area (Å²) in [5.74, 6) is 0.903. The van der Waals surface area contributed by atoms with Crippen molar-refractivity contribution in [3.63, 3.8) is 0 Å². The largest absolute Gasteiger partial charge is 0.491 e. The SMILES string of the molecule is Cc1ccc(OCC2CN(Cc3ccncc3)CCO2)cc1. The second-order valence-electron chi connectivity index (χ2n) is 5.71. The lowest BCUT2D eigenvalue weighted by atomic mass is 10.2. The van der Waals surface area contributed by atoms with Crippen LogP contribution in [0.2, 0.25) is 0 Å². The molecular formula is C18H22N2O2. The molecule has 1 unspecified atom stereocenters. The van der Waals surface area contributed by atoms with E-state index in [2.05, 4.69) is 41.1 Å². The first-order chi connectivity index (χ1) is 10.8. The Morgan fingerprint density at radius 1 is 1.18 bits per heavy atom. The third kappa shape index (κ3) is 4.29. The predicted octanol–water partition coefficient (Wildman–Crippen LogP) is 2.67. The van der Waals surface area contributed by atoms with Crippen LogP contribution in [0, 0.1) is 6.92 Å². The first-order valence-corrected chi connectivity index (χ1v) is 7.72. The number of ether oxygens (including phenoxy) is 2. The van der Waals surface area contributed by atoms with Crippen LogP contribution in [-0.2, 0) is 11.3 Å². The second kappa shape index (κ2) is 7.38. The van der Waals surface area contributed by atoms with Crippen LogP contribution >= 0.6 is 0 Å². The van der Waals surface area contributed by atoms with Gasteiger partial charge in [-0.15, -0.1) is 0 Å². The minimum atomic E-state index is 0.122. The average molecular weight is 298 g/mol. The van der Waals surface area contributed by atoms with Crippen molar-refractivity contribution in [3.05, 3.63) is 59.9 Å². The molecule has 0 bridgehead atoms. The molecule has 0 N–H and O–H groups in total. The van der Waals surface area contributed by atoms with Crippen LogP contribution in [0.15, 0.2) is 48.8 Å². The van der Waals surface area contributed by atoms with E-state index in [4.69, 9.17) is 9.47 Å². The lowest BCUT2D eigenvalue weighted by Gasteiger charge is -2.32. The fourth-order valence-electron chi connectivity index (χ4n) is 2.59. The number of nitrogens with zero attached hydrogens (tertiary/aromatic N) is 2. The zero-order valence-electron chi connectivity index (χ0n) is 12.9. The summed E-state index contributed by atoms with van der Waals surface area (Å²) < 4.78 is 11.6. The van der Waals surface area contributed by atoms with Crippen molar-refractivity contribution in [2.45, 2.75) is 19.6 Å². The third-order valence-corrected chi connectivity index (χ3v) is 3.84. The topological polar surface area (TPSA) is 34.6 Å². The molecule has 4 heteroatoms. The van der Waals surface area contributed by atoms with Gasteiger partial charge >= 0.3 is 0 Å². The van der Waals surface area contributed by atoms with Crippen molar-refractivity contribution in [1.82, 2.24) is 9.88 Å². The third-order valence-electron chi connectivity index (χ3n) is 3.84. The lowest BCUT2D eigenvalue weighted by Crippen LogP contribution is -2.44. The Morgan fingerprint density at radius 2 is 1.95 bits per heavy atom. The van der Waals surface area contributed by atoms with Gasteiger partial charge in [0, 0.05) is 32.0 Å². The molecule has 0 saturated carbocycles. The van der Waals surface area contributed by atoms with E-state index in [1.165, 1.54) is 11.1 Å². The molecule has 1 aromatic carbocycles. The molecule has 22 heavy (non-hydrogen) atoms. The average Bonchev–Trinajstić information content (AvgIpc) is 2.56. The van der Waals surface area contributed by atoms with Crippen LogP contribution in [0.1, 0.15) is 11.1 Å². The van der Waals surface area contributed by atoms with E-state index in [0.717, 1.165) is 32.0 Å². The highest BCUT2D eigenvalue weighted by molar-refractivity contribution is 5.26. The second-order valence-corrected chi connectivity index (χ2v) is 5.71. The summed E-state index contributed by atoms with van der Waals surface area (Å²) in [7, 11) is 0. The molecule has 1 atom stereocenters. The molecular weight excluding hydrogens is 276 g/mol. The predicted molar refractivity (Wildman–Crippen MR) is 85.9 cm³/mol. The first-order valence-electron chi connectivity index (χ1n) is 7.72. The van der Waals surface area contributed by atoms with E-state index in [0.29, 0.717) is 6.61 Å². The summed E-state index contributed by atoms with van der Waals surface area (Å²) in [6.45, 7) is 6.22. The van der Waals surface area contributed by atoms with E-state index in [1.54, 1.807) is 0 Å². The summed E-state index contributed by atoms with van der Waals surface area (Å²) in [5, 5.41) is 0. The van der Waals surface area contributed by atoms with Crippen molar-refractivity contribution in [1.29, 1.82) is 0 Å². The van der Waals surface area contributed by atoms with Gasteiger partial charge in [-0.1, -0.05) is 17.7 Å². The first kappa shape index (κ1) is 15.0. The van der Waals surface area contributed by atoms with Crippen molar-refractivity contribution in [2.75, 3.05) is 26.3 Å². The van der Waals surface area contributed by atoms with Gasteiger partial charge in [0.1, 0.15) is 18.5 Å². The fraction of sp³-hybridized carbons (Fsp3) is 0.389. The number of hydrogen-bond donors (Lipinski definition) is 0. The fourth-order valence-corrected chi connectivity index (χ4v) is 2.59. The smallest absolute Gasteiger partial charge is 0.119 e. The summed E-state index contributed by atoms with van der Waals surface area (Å²) in [5.41, 5.74) is 2.53. The Bertz CT molecular complexity index is 571. The van der Waals surface area contributed by atoms with Gasteiger partial charge in [0.25, 0.3) is 0 Å². The van der Waals surface area contributed by atoms with Crippen LogP contribution in [-0.4, -0.2) is 42.3 Å². The van der Waals surface area contributed by atoms with Gasteiger partial charge < -0.3 is 9.47 Å². The van der Waals surface area contributed by atoms with Gasteiger partial charge in [0.15, 0.2) is 0 Å². The molecule has 116 valence electrons. The normalized spacial score (nSPS) is 19.0. The molecule has 1 aliphatic heterocycles. The summed E-state index contributed by atoms with van der Waals surface area (Å²) >= 11 is 0. The summed E-state index contributed by atoms with van der Waals surface area (Å²) in [6, 6.07) is 12.3. The number of hydrogen-bond acceptors (Lipinski definition) is 4. The maximum atomic E-state index is 5.84. The highest BCUT2D eigenvalue weighted by Crippen LogP contribution is 2.14. The Labute approximate surface area is 131 Å². The van der Waals surface area contributed by atoms with Crippen molar-refractivity contribution in [2.24, 2.45) is 0 Å². The number of aromatic nitrogens is 1. The standard InChI is InChI=1S/C18H22N2O2/c1-15-2-4-17(5-3-15)22-14-18-13-20(10-11-21-18)12-16-6-8-19-9-7-16/h2-9,18H,10-14H2,1H3. The number of benzene rings is 1. The van der Waals surface area contributed by atoms with Gasteiger partial charge in [-0.2, -0.15) is 0 Å². The summed E-state index contributed by atoms with van der Waals surface area (Å²) in [6.07, 6.45) is 3.80. The quantitative estimate of drug-likeness (QED) is 0.850. The maximum Gasteiger partial charge on any atom is 0.119 e.